The fourth-order valence-electron chi connectivity index (χ4n) is 1.07. The van der Waals surface area contributed by atoms with Crippen LogP contribution in [0.5, 0.6) is 0 Å². The van der Waals surface area contributed by atoms with Gasteiger partial charge in [0, 0.05) is 14.2 Å². The minimum absolute atomic E-state index is 0.164. The molecule has 0 aromatic rings. The highest BCUT2D eigenvalue weighted by Crippen LogP contribution is 2.16. The Morgan fingerprint density at radius 1 is 1.70 bits per heavy atom. The van der Waals surface area contributed by atoms with Crippen LogP contribution in [0.15, 0.2) is 0 Å². The van der Waals surface area contributed by atoms with E-state index in [0.29, 0.717) is 0 Å². The first kappa shape index (κ1) is 7.34. The van der Waals surface area contributed by atoms with Crippen LogP contribution in [0.1, 0.15) is 6.92 Å². The Morgan fingerprint density at radius 3 is 2.50 bits per heavy atom. The standard InChI is InChI=1S/C6H11NO3/c1-4-5(9-3)7(2)6(8)10-4/h4-5H,1-3H3/t4-,5-/m1/s1. The van der Waals surface area contributed by atoms with E-state index in [9.17, 15) is 4.79 Å². The number of carbonyl (C=O) groups excluding carboxylic acids is 1. The average Bonchev–Trinajstić information content (AvgIpc) is 2.09. The van der Waals surface area contributed by atoms with Gasteiger partial charge < -0.3 is 9.47 Å². The lowest BCUT2D eigenvalue weighted by Crippen LogP contribution is -2.33. The maximum atomic E-state index is 10.8. The van der Waals surface area contributed by atoms with Gasteiger partial charge in [0.25, 0.3) is 0 Å². The molecule has 0 aromatic carbocycles. The molecule has 2 atom stereocenters. The van der Waals surface area contributed by atoms with Gasteiger partial charge in [0.2, 0.25) is 0 Å². The third-order valence-corrected chi connectivity index (χ3v) is 1.60. The molecule has 1 saturated heterocycles. The van der Waals surface area contributed by atoms with Gasteiger partial charge in [0.1, 0.15) is 6.10 Å². The molecule has 1 aliphatic heterocycles. The van der Waals surface area contributed by atoms with Crippen molar-refractivity contribution in [3.8, 4) is 0 Å². The number of hydrogen-bond acceptors (Lipinski definition) is 3. The third kappa shape index (κ3) is 0.945. The number of methoxy groups -OCH3 is 1. The van der Waals surface area contributed by atoms with Crippen molar-refractivity contribution >= 4 is 6.09 Å². The van der Waals surface area contributed by atoms with Gasteiger partial charge in [-0.25, -0.2) is 4.79 Å². The molecule has 4 heteroatoms. The Hall–Kier alpha value is -0.770. The molecule has 0 bridgehead atoms. The Kier molecular flexibility index (Phi) is 1.80. The summed E-state index contributed by atoms with van der Waals surface area (Å²) in [6.07, 6.45) is -0.714. The number of ether oxygens (including phenoxy) is 2. The van der Waals surface area contributed by atoms with E-state index < -0.39 is 0 Å². The van der Waals surface area contributed by atoms with E-state index in [0.717, 1.165) is 0 Å². The van der Waals surface area contributed by atoms with Crippen LogP contribution in [0.3, 0.4) is 0 Å². The number of hydrogen-bond donors (Lipinski definition) is 0. The zero-order chi connectivity index (χ0) is 7.72. The van der Waals surface area contributed by atoms with Gasteiger partial charge in [-0.2, -0.15) is 0 Å². The summed E-state index contributed by atoms with van der Waals surface area (Å²) in [6.45, 7) is 1.80. The fraction of sp³-hybridized carbons (Fsp3) is 0.833. The molecule has 1 amide bonds. The second-order valence-corrected chi connectivity index (χ2v) is 2.33. The van der Waals surface area contributed by atoms with Gasteiger partial charge in [0.05, 0.1) is 0 Å². The van der Waals surface area contributed by atoms with Crippen molar-refractivity contribution in [3.05, 3.63) is 0 Å². The van der Waals surface area contributed by atoms with Crippen molar-refractivity contribution in [2.75, 3.05) is 14.2 Å². The smallest absolute Gasteiger partial charge is 0.412 e. The summed E-state index contributed by atoms with van der Waals surface area (Å²) in [5, 5.41) is 0. The summed E-state index contributed by atoms with van der Waals surface area (Å²) in [7, 11) is 3.21. The van der Waals surface area contributed by atoms with E-state index in [-0.39, 0.29) is 18.4 Å². The van der Waals surface area contributed by atoms with Crippen LogP contribution in [0.4, 0.5) is 4.79 Å². The first-order chi connectivity index (χ1) is 4.66. The lowest BCUT2D eigenvalue weighted by atomic mass is 10.3. The molecule has 1 fully saturated rings. The molecule has 1 heterocycles. The molecule has 0 saturated carbocycles. The number of cyclic esters (lactones) is 1. The summed E-state index contributed by atoms with van der Waals surface area (Å²) >= 11 is 0. The van der Waals surface area contributed by atoms with Crippen molar-refractivity contribution in [3.63, 3.8) is 0 Å². The van der Waals surface area contributed by atoms with Crippen molar-refractivity contribution in [2.45, 2.75) is 19.3 Å². The Balaban J connectivity index is 2.64. The molecular weight excluding hydrogens is 134 g/mol. The summed E-state index contributed by atoms with van der Waals surface area (Å²) < 4.78 is 9.83. The van der Waals surface area contributed by atoms with Crippen molar-refractivity contribution in [2.24, 2.45) is 0 Å². The molecular formula is C6H11NO3. The number of likely N-dealkylation sites (N-methyl/N-ethyl adjacent to an activating group) is 1. The van der Waals surface area contributed by atoms with Gasteiger partial charge in [-0.1, -0.05) is 0 Å². The van der Waals surface area contributed by atoms with Gasteiger partial charge in [-0.3, -0.25) is 4.90 Å². The largest absolute Gasteiger partial charge is 0.442 e. The topological polar surface area (TPSA) is 38.8 Å². The highest BCUT2D eigenvalue weighted by molar-refractivity contribution is 5.69. The predicted octanol–water partition coefficient (Wildman–Crippen LogP) is 0.429. The minimum Gasteiger partial charge on any atom is -0.442 e. The predicted molar refractivity (Wildman–Crippen MR) is 34.5 cm³/mol. The monoisotopic (exact) mass is 145 g/mol. The molecule has 1 aliphatic rings. The molecule has 0 aromatic heterocycles. The summed E-state index contributed by atoms with van der Waals surface area (Å²) in [5.41, 5.74) is 0. The second-order valence-electron chi connectivity index (χ2n) is 2.33. The summed E-state index contributed by atoms with van der Waals surface area (Å²) in [5.74, 6) is 0. The van der Waals surface area contributed by atoms with Crippen molar-refractivity contribution in [1.82, 2.24) is 4.90 Å². The molecule has 0 unspecified atom stereocenters. The molecule has 10 heavy (non-hydrogen) atoms. The Bertz CT molecular complexity index is 148. The van der Waals surface area contributed by atoms with E-state index in [4.69, 9.17) is 9.47 Å². The molecule has 58 valence electrons. The lowest BCUT2D eigenvalue weighted by molar-refractivity contribution is -0.00821. The van der Waals surface area contributed by atoms with E-state index in [1.54, 1.807) is 21.1 Å². The van der Waals surface area contributed by atoms with Gasteiger partial charge >= 0.3 is 6.09 Å². The number of nitrogens with zero attached hydrogens (tertiary/aromatic N) is 1. The van der Waals surface area contributed by atoms with Gasteiger partial charge in [-0.15, -0.1) is 0 Å². The van der Waals surface area contributed by atoms with Gasteiger partial charge in [-0.05, 0) is 6.92 Å². The number of rotatable bonds is 1. The van der Waals surface area contributed by atoms with E-state index in [1.807, 2.05) is 0 Å². The van der Waals surface area contributed by atoms with E-state index in [2.05, 4.69) is 0 Å². The highest BCUT2D eigenvalue weighted by atomic mass is 16.6. The van der Waals surface area contributed by atoms with Crippen LogP contribution in [0, 0.1) is 0 Å². The van der Waals surface area contributed by atoms with Crippen LogP contribution < -0.4 is 0 Å². The lowest BCUT2D eigenvalue weighted by Gasteiger charge is -2.16. The SMILES string of the molecule is CO[C@@H]1[C@@H](C)OC(=O)N1C. The fourth-order valence-corrected chi connectivity index (χ4v) is 1.07. The van der Waals surface area contributed by atoms with Crippen LogP contribution in [-0.2, 0) is 9.47 Å². The molecule has 4 nitrogen and oxygen atoms in total. The highest BCUT2D eigenvalue weighted by Gasteiger charge is 2.36. The third-order valence-electron chi connectivity index (χ3n) is 1.60. The normalized spacial score (nSPS) is 32.7. The van der Waals surface area contributed by atoms with Crippen LogP contribution in [0.25, 0.3) is 0 Å². The van der Waals surface area contributed by atoms with Crippen LogP contribution in [-0.4, -0.2) is 37.5 Å². The maximum absolute atomic E-state index is 10.8. The molecule has 0 N–H and O–H groups in total. The molecule has 0 spiro atoms. The quantitative estimate of drug-likeness (QED) is 0.537. The first-order valence-corrected chi connectivity index (χ1v) is 3.13. The molecule has 0 aliphatic carbocycles. The van der Waals surface area contributed by atoms with Crippen LogP contribution >= 0.6 is 0 Å². The average molecular weight is 145 g/mol. The summed E-state index contributed by atoms with van der Waals surface area (Å²) in [6, 6.07) is 0. The molecule has 0 radical (unpaired) electrons. The van der Waals surface area contributed by atoms with E-state index in [1.165, 1.54) is 4.90 Å². The second kappa shape index (κ2) is 2.46. The zero-order valence-electron chi connectivity index (χ0n) is 6.33. The number of amides is 1. The van der Waals surface area contributed by atoms with Crippen molar-refractivity contribution in [1.29, 1.82) is 0 Å². The Morgan fingerprint density at radius 2 is 2.30 bits per heavy atom. The zero-order valence-corrected chi connectivity index (χ0v) is 6.33. The maximum Gasteiger partial charge on any atom is 0.412 e. The Labute approximate surface area is 59.7 Å². The number of carbonyl (C=O) groups is 1. The van der Waals surface area contributed by atoms with Gasteiger partial charge in [0.15, 0.2) is 6.23 Å². The minimum atomic E-state index is -0.320. The summed E-state index contributed by atoms with van der Waals surface area (Å²) in [4.78, 5) is 12.2. The molecule has 1 rings (SSSR count). The first-order valence-electron chi connectivity index (χ1n) is 3.13. The van der Waals surface area contributed by atoms with Crippen LogP contribution in [0.2, 0.25) is 0 Å². The van der Waals surface area contributed by atoms with E-state index >= 15 is 0 Å². The van der Waals surface area contributed by atoms with Crippen molar-refractivity contribution < 1.29 is 14.3 Å².